The van der Waals surface area contributed by atoms with Gasteiger partial charge >= 0.3 is 0 Å². The van der Waals surface area contributed by atoms with Crippen LogP contribution >= 0.6 is 0 Å². The van der Waals surface area contributed by atoms with E-state index in [2.05, 4.69) is 60.8 Å². The van der Waals surface area contributed by atoms with E-state index >= 15 is 0 Å². The predicted octanol–water partition coefficient (Wildman–Crippen LogP) is 4.23. The Morgan fingerprint density at radius 3 is 2.25 bits per heavy atom. The molecule has 0 aliphatic carbocycles. The minimum Gasteiger partial charge on any atom is -0.316 e. The van der Waals surface area contributed by atoms with Crippen LogP contribution in [0.25, 0.3) is 4.85 Å². The van der Waals surface area contributed by atoms with Gasteiger partial charge in [0.15, 0.2) is 0 Å². The van der Waals surface area contributed by atoms with E-state index in [1.165, 1.54) is 5.56 Å². The van der Waals surface area contributed by atoms with Crippen molar-refractivity contribution in [1.29, 1.82) is 0 Å². The molecule has 0 radical (unpaired) electrons. The highest BCUT2D eigenvalue weighted by Gasteiger charge is 2.46. The quantitative estimate of drug-likeness (QED) is 0.746. The molecule has 0 unspecified atom stereocenters. The normalized spacial score (nSPS) is 19.5. The van der Waals surface area contributed by atoms with Crippen LogP contribution in [0.15, 0.2) is 30.3 Å². The molecule has 1 aromatic carbocycles. The summed E-state index contributed by atoms with van der Waals surface area (Å²) in [5.74, 6) is 0. The number of nitrogens with zero attached hydrogens (tertiary/aromatic N) is 2. The van der Waals surface area contributed by atoms with E-state index in [1.807, 2.05) is 0 Å². The standard InChI is InChI=1S/C18H26N2/c1-17(2,3)18(15-19-4)10-12-20(13-11-18)14-16-8-6-5-7-9-16/h5-9H,10-15H2,1-3H3. The van der Waals surface area contributed by atoms with Crippen LogP contribution in [-0.4, -0.2) is 24.5 Å². The van der Waals surface area contributed by atoms with E-state index in [0.29, 0.717) is 6.54 Å². The number of hydrogen-bond acceptors (Lipinski definition) is 1. The van der Waals surface area contributed by atoms with Crippen molar-refractivity contribution in [3.8, 4) is 0 Å². The Bertz CT molecular complexity index is 456. The van der Waals surface area contributed by atoms with Gasteiger partial charge in [-0.25, -0.2) is 6.57 Å². The molecule has 2 rings (SSSR count). The number of likely N-dealkylation sites (tertiary alicyclic amines) is 1. The van der Waals surface area contributed by atoms with E-state index in [0.717, 1.165) is 32.5 Å². The third-order valence-corrected chi connectivity index (χ3v) is 5.03. The highest BCUT2D eigenvalue weighted by molar-refractivity contribution is 5.14. The maximum atomic E-state index is 7.29. The maximum Gasteiger partial charge on any atom is 0.220 e. The number of rotatable bonds is 3. The SMILES string of the molecule is [C-]#[N+]CC1(C(C)(C)C)CCN(Cc2ccccc2)CC1. The Hall–Kier alpha value is -1.33. The van der Waals surface area contributed by atoms with Gasteiger partial charge < -0.3 is 4.85 Å². The molecular weight excluding hydrogens is 244 g/mol. The minimum absolute atomic E-state index is 0.196. The molecule has 0 atom stereocenters. The van der Waals surface area contributed by atoms with Gasteiger partial charge in [-0.2, -0.15) is 0 Å². The second-order valence-electron chi connectivity index (χ2n) is 7.11. The molecular formula is C18H26N2. The Balaban J connectivity index is 1.99. The summed E-state index contributed by atoms with van der Waals surface area (Å²) in [5.41, 5.74) is 1.80. The molecule has 1 saturated heterocycles. The zero-order valence-electron chi connectivity index (χ0n) is 13.0. The lowest BCUT2D eigenvalue weighted by atomic mass is 9.61. The molecule has 2 heteroatoms. The van der Waals surface area contributed by atoms with Gasteiger partial charge in [0.2, 0.25) is 6.54 Å². The summed E-state index contributed by atoms with van der Waals surface area (Å²) in [6.07, 6.45) is 2.29. The van der Waals surface area contributed by atoms with Crippen molar-refractivity contribution in [3.63, 3.8) is 0 Å². The van der Waals surface area contributed by atoms with Crippen LogP contribution in [0.3, 0.4) is 0 Å². The predicted molar refractivity (Wildman–Crippen MR) is 84.3 cm³/mol. The van der Waals surface area contributed by atoms with Crippen LogP contribution in [0.1, 0.15) is 39.2 Å². The lowest BCUT2D eigenvalue weighted by Gasteiger charge is -2.46. The first-order valence-corrected chi connectivity index (χ1v) is 7.56. The van der Waals surface area contributed by atoms with Crippen LogP contribution in [0, 0.1) is 17.4 Å². The molecule has 20 heavy (non-hydrogen) atoms. The van der Waals surface area contributed by atoms with Gasteiger partial charge in [0, 0.05) is 12.0 Å². The van der Waals surface area contributed by atoms with Crippen molar-refractivity contribution >= 4 is 0 Å². The zero-order valence-corrected chi connectivity index (χ0v) is 13.0. The molecule has 1 heterocycles. The van der Waals surface area contributed by atoms with Gasteiger partial charge in [-0.3, -0.25) is 4.90 Å². The van der Waals surface area contributed by atoms with Gasteiger partial charge in [0.25, 0.3) is 0 Å². The van der Waals surface area contributed by atoms with E-state index < -0.39 is 0 Å². The Morgan fingerprint density at radius 1 is 1.15 bits per heavy atom. The van der Waals surface area contributed by atoms with Gasteiger partial charge in [-0.05, 0) is 36.9 Å². The third kappa shape index (κ3) is 3.22. The molecule has 2 nitrogen and oxygen atoms in total. The largest absolute Gasteiger partial charge is 0.316 e. The first-order valence-electron chi connectivity index (χ1n) is 7.56. The Morgan fingerprint density at radius 2 is 1.75 bits per heavy atom. The molecule has 0 spiro atoms. The Labute approximate surface area is 123 Å². The van der Waals surface area contributed by atoms with Crippen LogP contribution in [0.4, 0.5) is 0 Å². The molecule has 1 aromatic rings. The summed E-state index contributed by atoms with van der Waals surface area (Å²) < 4.78 is 0. The highest BCUT2D eigenvalue weighted by atomic mass is 15.1. The van der Waals surface area contributed by atoms with Crippen molar-refractivity contribution in [2.45, 2.75) is 40.2 Å². The van der Waals surface area contributed by atoms with Gasteiger partial charge in [0.1, 0.15) is 0 Å². The van der Waals surface area contributed by atoms with Crippen LogP contribution in [0.5, 0.6) is 0 Å². The summed E-state index contributed by atoms with van der Waals surface area (Å²) in [6.45, 7) is 18.1. The van der Waals surface area contributed by atoms with Crippen LogP contribution < -0.4 is 0 Å². The molecule has 0 saturated carbocycles. The minimum atomic E-state index is 0.196. The fourth-order valence-electron chi connectivity index (χ4n) is 3.28. The average molecular weight is 270 g/mol. The summed E-state index contributed by atoms with van der Waals surface area (Å²) in [4.78, 5) is 6.27. The van der Waals surface area contributed by atoms with Crippen LogP contribution in [-0.2, 0) is 6.54 Å². The second-order valence-corrected chi connectivity index (χ2v) is 7.11. The van der Waals surface area contributed by atoms with Crippen molar-refractivity contribution in [2.75, 3.05) is 19.6 Å². The fourth-order valence-corrected chi connectivity index (χ4v) is 3.28. The van der Waals surface area contributed by atoms with Gasteiger partial charge in [0.05, 0.1) is 0 Å². The molecule has 0 aromatic heterocycles. The van der Waals surface area contributed by atoms with Gasteiger partial charge in [-0.1, -0.05) is 51.1 Å². The number of piperidine rings is 1. The summed E-state index contributed by atoms with van der Waals surface area (Å²) in [7, 11) is 0. The monoisotopic (exact) mass is 270 g/mol. The highest BCUT2D eigenvalue weighted by Crippen LogP contribution is 2.47. The van der Waals surface area contributed by atoms with Gasteiger partial charge in [-0.15, -0.1) is 0 Å². The van der Waals surface area contributed by atoms with E-state index in [9.17, 15) is 0 Å². The fraction of sp³-hybridized carbons (Fsp3) is 0.611. The van der Waals surface area contributed by atoms with Crippen molar-refractivity contribution < 1.29 is 0 Å². The number of hydrogen-bond donors (Lipinski definition) is 0. The lowest BCUT2D eigenvalue weighted by Crippen LogP contribution is -2.47. The first-order chi connectivity index (χ1) is 9.47. The van der Waals surface area contributed by atoms with Crippen molar-refractivity contribution in [1.82, 2.24) is 4.90 Å². The smallest absolute Gasteiger partial charge is 0.220 e. The molecule has 0 bridgehead atoms. The van der Waals surface area contributed by atoms with E-state index in [-0.39, 0.29) is 10.8 Å². The molecule has 0 amide bonds. The molecule has 0 N–H and O–H groups in total. The second kappa shape index (κ2) is 5.97. The number of benzene rings is 1. The van der Waals surface area contributed by atoms with E-state index in [1.54, 1.807) is 0 Å². The topological polar surface area (TPSA) is 7.60 Å². The van der Waals surface area contributed by atoms with E-state index in [4.69, 9.17) is 6.57 Å². The summed E-state index contributed by atoms with van der Waals surface area (Å²) in [6, 6.07) is 10.7. The Kier molecular flexibility index (Phi) is 4.50. The molecule has 1 aliphatic heterocycles. The summed E-state index contributed by atoms with van der Waals surface area (Å²) >= 11 is 0. The molecule has 1 fully saturated rings. The molecule has 108 valence electrons. The molecule has 1 aliphatic rings. The first kappa shape index (κ1) is 15.1. The lowest BCUT2D eigenvalue weighted by molar-refractivity contribution is 0.0173. The average Bonchev–Trinajstić information content (AvgIpc) is 2.41. The van der Waals surface area contributed by atoms with Crippen molar-refractivity contribution in [2.24, 2.45) is 10.8 Å². The third-order valence-electron chi connectivity index (χ3n) is 5.03. The zero-order chi connectivity index (χ0) is 14.6. The maximum absolute atomic E-state index is 7.29. The summed E-state index contributed by atoms with van der Waals surface area (Å²) in [5, 5.41) is 0. The van der Waals surface area contributed by atoms with Crippen molar-refractivity contribution in [3.05, 3.63) is 47.3 Å². The van der Waals surface area contributed by atoms with Crippen LogP contribution in [0.2, 0.25) is 0 Å².